The van der Waals surface area contributed by atoms with Gasteiger partial charge in [-0.15, -0.1) is 0 Å². The third-order valence-corrected chi connectivity index (χ3v) is 4.00. The van der Waals surface area contributed by atoms with Crippen LogP contribution >= 0.6 is 11.6 Å². The Morgan fingerprint density at radius 2 is 2.00 bits per heavy atom. The molecular formula is C16H23ClN4O5. The number of carbonyl (C=O) groups excluding carboxylic acids is 1. The van der Waals surface area contributed by atoms with Gasteiger partial charge in [-0.2, -0.15) is 0 Å². The Hall–Kier alpha value is -2.55. The van der Waals surface area contributed by atoms with Crippen LogP contribution in [0.15, 0.2) is 12.1 Å². The maximum atomic E-state index is 12.4. The molecule has 26 heavy (non-hydrogen) atoms. The van der Waals surface area contributed by atoms with Gasteiger partial charge in [-0.1, -0.05) is 11.6 Å². The number of nitro groups is 1. The molecule has 0 spiro atoms. The summed E-state index contributed by atoms with van der Waals surface area (Å²) in [5, 5.41) is 25.3. The topological polar surface area (TPSA) is 125 Å². The Bertz CT molecular complexity index is 681. The first-order chi connectivity index (χ1) is 12.1. The van der Waals surface area contributed by atoms with Crippen molar-refractivity contribution in [3.63, 3.8) is 0 Å². The molecule has 0 aliphatic rings. The third kappa shape index (κ3) is 6.07. The SMILES string of the molecule is C[C@@H](CCCCNC(=O)O)Nc1c([N+](=O)[O-])ccc(Cl)c1C(=O)N(C)C. The lowest BCUT2D eigenvalue weighted by Gasteiger charge is -2.20. The second-order valence-electron chi connectivity index (χ2n) is 6.05. The number of carboxylic acid groups (broad SMARTS) is 1. The van der Waals surface area contributed by atoms with E-state index in [-0.39, 0.29) is 28.0 Å². The molecule has 1 rings (SSSR count). The molecule has 0 aliphatic heterocycles. The predicted octanol–water partition coefficient (Wildman–Crippen LogP) is 3.19. The van der Waals surface area contributed by atoms with Crippen molar-refractivity contribution in [2.24, 2.45) is 0 Å². The number of unbranched alkanes of at least 4 members (excludes halogenated alkanes) is 1. The summed E-state index contributed by atoms with van der Waals surface area (Å²) in [6.45, 7) is 2.17. The van der Waals surface area contributed by atoms with Crippen molar-refractivity contribution < 1.29 is 19.6 Å². The van der Waals surface area contributed by atoms with Crippen LogP contribution in [-0.2, 0) is 0 Å². The molecule has 0 aromatic heterocycles. The van der Waals surface area contributed by atoms with Gasteiger partial charge in [-0.05, 0) is 32.3 Å². The van der Waals surface area contributed by atoms with Gasteiger partial charge in [-0.3, -0.25) is 14.9 Å². The lowest BCUT2D eigenvalue weighted by molar-refractivity contribution is -0.384. The number of hydrogen-bond donors (Lipinski definition) is 3. The van der Waals surface area contributed by atoms with E-state index in [0.29, 0.717) is 25.8 Å². The first kappa shape index (κ1) is 21.5. The first-order valence-electron chi connectivity index (χ1n) is 8.07. The molecule has 10 heteroatoms. The van der Waals surface area contributed by atoms with E-state index in [0.717, 1.165) is 0 Å². The van der Waals surface area contributed by atoms with Crippen LogP contribution in [0.4, 0.5) is 16.2 Å². The highest BCUT2D eigenvalue weighted by molar-refractivity contribution is 6.35. The fourth-order valence-electron chi connectivity index (χ4n) is 2.39. The number of halogens is 1. The van der Waals surface area contributed by atoms with E-state index in [1.165, 1.54) is 17.0 Å². The van der Waals surface area contributed by atoms with Gasteiger partial charge in [0.1, 0.15) is 5.69 Å². The molecule has 3 N–H and O–H groups in total. The quantitative estimate of drug-likeness (QED) is 0.340. The monoisotopic (exact) mass is 386 g/mol. The fraction of sp³-hybridized carbons (Fsp3) is 0.500. The average molecular weight is 387 g/mol. The van der Waals surface area contributed by atoms with Crippen molar-refractivity contribution in [3.05, 3.63) is 32.8 Å². The number of carbonyl (C=O) groups is 2. The molecule has 0 aliphatic carbocycles. The Balaban J connectivity index is 2.95. The van der Waals surface area contributed by atoms with E-state index in [1.807, 2.05) is 6.92 Å². The highest BCUT2D eigenvalue weighted by atomic mass is 35.5. The van der Waals surface area contributed by atoms with Gasteiger partial charge in [0.05, 0.1) is 15.5 Å². The van der Waals surface area contributed by atoms with Gasteiger partial charge in [0.2, 0.25) is 0 Å². The van der Waals surface area contributed by atoms with Gasteiger partial charge >= 0.3 is 6.09 Å². The molecule has 0 bridgehead atoms. The zero-order valence-electron chi connectivity index (χ0n) is 14.9. The Labute approximate surface area is 156 Å². The van der Waals surface area contributed by atoms with Crippen LogP contribution in [0.3, 0.4) is 0 Å². The third-order valence-electron chi connectivity index (χ3n) is 3.68. The summed E-state index contributed by atoms with van der Waals surface area (Å²) in [6.07, 6.45) is 0.914. The Morgan fingerprint density at radius 3 is 2.54 bits per heavy atom. The summed E-state index contributed by atoms with van der Waals surface area (Å²) < 4.78 is 0. The summed E-state index contributed by atoms with van der Waals surface area (Å²) in [5.41, 5.74) is -0.0679. The van der Waals surface area contributed by atoms with Gasteiger partial charge in [0.15, 0.2) is 0 Å². The van der Waals surface area contributed by atoms with Crippen molar-refractivity contribution in [2.45, 2.75) is 32.2 Å². The molecule has 0 saturated carbocycles. The van der Waals surface area contributed by atoms with Crippen molar-refractivity contribution in [1.82, 2.24) is 10.2 Å². The molecule has 9 nitrogen and oxygen atoms in total. The van der Waals surface area contributed by atoms with Crippen LogP contribution in [0.2, 0.25) is 5.02 Å². The highest BCUT2D eigenvalue weighted by Gasteiger charge is 2.26. The number of rotatable bonds is 9. The molecule has 0 unspecified atom stereocenters. The number of benzene rings is 1. The van der Waals surface area contributed by atoms with Crippen molar-refractivity contribution in [3.8, 4) is 0 Å². The van der Waals surface area contributed by atoms with Gasteiger partial charge in [0, 0.05) is 32.7 Å². The van der Waals surface area contributed by atoms with Crippen LogP contribution in [0.5, 0.6) is 0 Å². The summed E-state index contributed by atoms with van der Waals surface area (Å²) in [7, 11) is 3.08. The largest absolute Gasteiger partial charge is 0.465 e. The molecular weight excluding hydrogens is 364 g/mol. The van der Waals surface area contributed by atoms with Crippen LogP contribution < -0.4 is 10.6 Å². The summed E-state index contributed by atoms with van der Waals surface area (Å²) in [6, 6.07) is 2.43. The zero-order valence-corrected chi connectivity index (χ0v) is 15.7. The van der Waals surface area contributed by atoms with Gasteiger partial charge in [-0.25, -0.2) is 4.79 Å². The standard InChI is InChI=1S/C16H23ClN4O5/c1-10(6-4-5-9-18-16(23)24)19-14-12(21(25)26)8-7-11(17)13(14)15(22)20(2)3/h7-8,10,18-19H,4-6,9H2,1-3H3,(H,23,24)/t10-/m0/s1. The number of anilines is 1. The van der Waals surface area contributed by atoms with Crippen LogP contribution in [0.1, 0.15) is 36.5 Å². The number of nitrogens with one attached hydrogen (secondary N) is 2. The van der Waals surface area contributed by atoms with Crippen molar-refractivity contribution >= 4 is 35.0 Å². The fourth-order valence-corrected chi connectivity index (χ4v) is 2.62. The molecule has 0 fully saturated rings. The average Bonchev–Trinajstić information content (AvgIpc) is 2.53. The number of amides is 2. The van der Waals surface area contributed by atoms with Gasteiger partial charge in [0.25, 0.3) is 11.6 Å². The summed E-state index contributed by atoms with van der Waals surface area (Å²) >= 11 is 6.13. The van der Waals surface area contributed by atoms with E-state index in [4.69, 9.17) is 16.7 Å². The first-order valence-corrected chi connectivity index (χ1v) is 8.44. The molecule has 1 atom stereocenters. The second kappa shape index (κ2) is 9.81. The lowest BCUT2D eigenvalue weighted by atomic mass is 10.1. The van der Waals surface area contributed by atoms with E-state index < -0.39 is 16.9 Å². The van der Waals surface area contributed by atoms with Crippen LogP contribution in [0, 0.1) is 10.1 Å². The normalized spacial score (nSPS) is 11.5. The smallest absolute Gasteiger partial charge is 0.404 e. The minimum Gasteiger partial charge on any atom is -0.465 e. The van der Waals surface area contributed by atoms with Crippen LogP contribution in [0.25, 0.3) is 0 Å². The van der Waals surface area contributed by atoms with E-state index >= 15 is 0 Å². The number of nitrogens with zero attached hydrogens (tertiary/aromatic N) is 2. The second-order valence-corrected chi connectivity index (χ2v) is 6.45. The molecule has 0 saturated heterocycles. The molecule has 0 radical (unpaired) electrons. The Morgan fingerprint density at radius 1 is 1.35 bits per heavy atom. The van der Waals surface area contributed by atoms with Gasteiger partial charge < -0.3 is 20.6 Å². The lowest BCUT2D eigenvalue weighted by Crippen LogP contribution is -2.26. The van der Waals surface area contributed by atoms with E-state index in [1.54, 1.807) is 14.1 Å². The molecule has 1 aromatic carbocycles. The maximum Gasteiger partial charge on any atom is 0.404 e. The van der Waals surface area contributed by atoms with E-state index in [2.05, 4.69) is 10.6 Å². The van der Waals surface area contributed by atoms with Crippen molar-refractivity contribution in [2.75, 3.05) is 26.0 Å². The number of nitro benzene ring substituents is 1. The molecule has 1 aromatic rings. The Kier molecular flexibility index (Phi) is 8.11. The zero-order chi connectivity index (χ0) is 19.9. The molecule has 144 valence electrons. The van der Waals surface area contributed by atoms with Crippen molar-refractivity contribution in [1.29, 1.82) is 0 Å². The summed E-state index contributed by atoms with van der Waals surface area (Å²) in [4.78, 5) is 34.9. The van der Waals surface area contributed by atoms with E-state index in [9.17, 15) is 19.7 Å². The highest BCUT2D eigenvalue weighted by Crippen LogP contribution is 2.35. The predicted molar refractivity (Wildman–Crippen MR) is 99.1 cm³/mol. The molecule has 0 heterocycles. The minimum absolute atomic E-state index is 0.0604. The number of hydrogen-bond acceptors (Lipinski definition) is 5. The minimum atomic E-state index is -1.07. The molecule has 2 amide bonds. The maximum absolute atomic E-state index is 12.4. The summed E-state index contributed by atoms with van der Waals surface area (Å²) in [5.74, 6) is -0.431. The van der Waals surface area contributed by atoms with Crippen LogP contribution in [-0.4, -0.2) is 53.6 Å².